The number of rotatable bonds is 6. The molecule has 0 saturated carbocycles. The van der Waals surface area contributed by atoms with Crippen molar-refractivity contribution in [2.75, 3.05) is 13.6 Å². The van der Waals surface area contributed by atoms with E-state index in [1.54, 1.807) is 11.9 Å². The van der Waals surface area contributed by atoms with E-state index >= 15 is 0 Å². The van der Waals surface area contributed by atoms with Crippen molar-refractivity contribution in [3.05, 3.63) is 78.0 Å². The topological polar surface area (TPSA) is 93.0 Å². The van der Waals surface area contributed by atoms with Gasteiger partial charge in [-0.25, -0.2) is 0 Å². The molecule has 1 saturated heterocycles. The first kappa shape index (κ1) is 27.5. The second kappa shape index (κ2) is 14.5. The Kier molecular flexibility index (Phi) is 12.5. The Hall–Kier alpha value is -2.51. The van der Waals surface area contributed by atoms with Crippen LogP contribution in [0.1, 0.15) is 49.5 Å². The van der Waals surface area contributed by atoms with E-state index < -0.39 is 18.2 Å². The molecule has 1 aromatic rings. The van der Waals surface area contributed by atoms with E-state index in [4.69, 9.17) is 5.21 Å². The number of nitrogens with one attached hydrogen (secondary N) is 1. The molecule has 0 spiro atoms. The van der Waals surface area contributed by atoms with Gasteiger partial charge in [-0.05, 0) is 30.5 Å². The van der Waals surface area contributed by atoms with Crippen LogP contribution in [0, 0.1) is 5.92 Å². The Morgan fingerprint density at radius 2 is 1.88 bits per heavy atom. The van der Waals surface area contributed by atoms with E-state index in [2.05, 4.69) is 43.9 Å². The lowest BCUT2D eigenvalue weighted by atomic mass is 10.0. The number of aliphatic hydroxyl groups excluding tert-OH is 2. The lowest BCUT2D eigenvalue weighted by Crippen LogP contribution is -2.39. The molecule has 176 valence electrons. The predicted molar refractivity (Wildman–Crippen MR) is 130 cm³/mol. The summed E-state index contributed by atoms with van der Waals surface area (Å²) in [7, 11) is 1.74. The van der Waals surface area contributed by atoms with E-state index in [0.717, 1.165) is 17.4 Å². The summed E-state index contributed by atoms with van der Waals surface area (Å²) in [5, 5.41) is 27.2. The van der Waals surface area contributed by atoms with Gasteiger partial charge in [0.1, 0.15) is 12.4 Å². The monoisotopic (exact) mass is 442 g/mol. The molecule has 0 bridgehead atoms. The van der Waals surface area contributed by atoms with Gasteiger partial charge >= 0.3 is 0 Å². The van der Waals surface area contributed by atoms with Gasteiger partial charge in [-0.15, -0.1) is 0 Å². The minimum atomic E-state index is -0.887. The summed E-state index contributed by atoms with van der Waals surface area (Å²) in [5.74, 6) is 0.540. The van der Waals surface area contributed by atoms with Gasteiger partial charge in [0, 0.05) is 12.1 Å². The molecule has 1 heterocycles. The number of benzene rings is 1. The predicted octanol–water partition coefficient (Wildman–Crippen LogP) is 3.97. The zero-order valence-corrected chi connectivity index (χ0v) is 19.6. The SMILES string of the molecule is C=C(NO)[C@@H]1[C@@H](O)[C@@H](O)CN1C.CC.CCCC1C=CC=C(c2ccc(C=O)cc2)C=C1. The zero-order chi connectivity index (χ0) is 24.1. The molecule has 1 aliphatic carbocycles. The van der Waals surface area contributed by atoms with Crippen LogP contribution in [-0.4, -0.2) is 58.4 Å². The summed E-state index contributed by atoms with van der Waals surface area (Å²) in [5.41, 5.74) is 5.24. The molecule has 0 amide bonds. The van der Waals surface area contributed by atoms with Crippen LogP contribution in [0.4, 0.5) is 0 Å². The lowest BCUT2D eigenvalue weighted by molar-refractivity contribution is 0.0391. The van der Waals surface area contributed by atoms with Crippen molar-refractivity contribution in [3.8, 4) is 0 Å². The van der Waals surface area contributed by atoms with Crippen molar-refractivity contribution in [3.63, 3.8) is 0 Å². The number of nitrogens with zero attached hydrogens (tertiary/aromatic N) is 1. The van der Waals surface area contributed by atoms with Crippen molar-refractivity contribution in [1.82, 2.24) is 10.4 Å². The highest BCUT2D eigenvalue weighted by Gasteiger charge is 2.39. The summed E-state index contributed by atoms with van der Waals surface area (Å²) in [6.07, 6.45) is 12.5. The molecule has 2 aliphatic rings. The third kappa shape index (κ3) is 7.88. The van der Waals surface area contributed by atoms with Crippen LogP contribution in [0.2, 0.25) is 0 Å². The van der Waals surface area contributed by atoms with Crippen LogP contribution < -0.4 is 5.48 Å². The molecule has 6 heteroatoms. The van der Waals surface area contributed by atoms with Crippen molar-refractivity contribution >= 4 is 11.9 Å². The van der Waals surface area contributed by atoms with Gasteiger partial charge in [0.05, 0.1) is 17.8 Å². The first-order valence-corrected chi connectivity index (χ1v) is 11.2. The molecule has 6 nitrogen and oxygen atoms in total. The number of aldehydes is 1. The van der Waals surface area contributed by atoms with Crippen LogP contribution >= 0.6 is 0 Å². The Bertz CT molecular complexity index is 799. The second-order valence-electron chi connectivity index (χ2n) is 7.64. The average Bonchev–Trinajstić information content (AvgIpc) is 2.97. The zero-order valence-electron chi connectivity index (χ0n) is 19.6. The fourth-order valence-corrected chi connectivity index (χ4v) is 3.65. The largest absolute Gasteiger partial charge is 0.389 e. The fourth-order valence-electron chi connectivity index (χ4n) is 3.65. The number of likely N-dealkylation sites (tertiary alicyclic amines) is 1. The average molecular weight is 443 g/mol. The Morgan fingerprint density at radius 3 is 2.38 bits per heavy atom. The minimum absolute atomic E-state index is 0.293. The maximum Gasteiger partial charge on any atom is 0.150 e. The third-order valence-corrected chi connectivity index (χ3v) is 5.33. The highest BCUT2D eigenvalue weighted by molar-refractivity contribution is 5.79. The Morgan fingerprint density at radius 1 is 1.22 bits per heavy atom. The minimum Gasteiger partial charge on any atom is -0.389 e. The first-order valence-electron chi connectivity index (χ1n) is 11.2. The smallest absolute Gasteiger partial charge is 0.150 e. The van der Waals surface area contributed by atoms with Gasteiger partial charge in [-0.1, -0.05) is 88.4 Å². The molecule has 0 radical (unpaired) electrons. The molecule has 1 unspecified atom stereocenters. The van der Waals surface area contributed by atoms with E-state index in [1.807, 2.05) is 43.6 Å². The number of hydrogen-bond donors (Lipinski definition) is 4. The molecule has 3 rings (SSSR count). The van der Waals surface area contributed by atoms with Gasteiger partial charge in [-0.3, -0.25) is 20.4 Å². The number of β-amino-alcohol motifs (C(OH)–C–C–N with tert-alkyl or cyclic N) is 1. The number of hydrogen-bond acceptors (Lipinski definition) is 6. The van der Waals surface area contributed by atoms with Gasteiger partial charge < -0.3 is 10.2 Å². The lowest BCUT2D eigenvalue weighted by Gasteiger charge is -2.22. The van der Waals surface area contributed by atoms with Crippen molar-refractivity contribution in [2.45, 2.75) is 51.9 Å². The van der Waals surface area contributed by atoms with Crippen LogP contribution in [0.3, 0.4) is 0 Å². The van der Waals surface area contributed by atoms with Gasteiger partial charge in [0.15, 0.2) is 0 Å². The molecule has 0 aromatic heterocycles. The quantitative estimate of drug-likeness (QED) is 0.394. The van der Waals surface area contributed by atoms with Crippen LogP contribution in [0.15, 0.2) is 66.9 Å². The van der Waals surface area contributed by atoms with Crippen LogP contribution in [0.25, 0.3) is 5.57 Å². The van der Waals surface area contributed by atoms with Crippen LogP contribution in [0.5, 0.6) is 0 Å². The summed E-state index contributed by atoms with van der Waals surface area (Å²) >= 11 is 0. The third-order valence-electron chi connectivity index (χ3n) is 5.33. The van der Waals surface area contributed by atoms with E-state index in [-0.39, 0.29) is 0 Å². The maximum absolute atomic E-state index is 10.6. The molecule has 4 N–H and O–H groups in total. The van der Waals surface area contributed by atoms with E-state index in [1.165, 1.54) is 18.4 Å². The molecular weight excluding hydrogens is 404 g/mol. The highest BCUT2D eigenvalue weighted by Crippen LogP contribution is 2.22. The maximum atomic E-state index is 10.6. The molecule has 4 atom stereocenters. The normalized spacial score (nSPS) is 24.3. The Labute approximate surface area is 192 Å². The second-order valence-corrected chi connectivity index (χ2v) is 7.64. The van der Waals surface area contributed by atoms with Crippen molar-refractivity contribution in [2.24, 2.45) is 5.92 Å². The number of allylic oxidation sites excluding steroid dienone is 6. The summed E-state index contributed by atoms with van der Waals surface area (Å²) < 4.78 is 0. The number of carbonyl (C=O) groups is 1. The summed E-state index contributed by atoms with van der Waals surface area (Å²) in [6, 6.07) is 7.27. The van der Waals surface area contributed by atoms with Gasteiger partial charge in [0.25, 0.3) is 0 Å². The molecular formula is C26H38N2O4. The van der Waals surface area contributed by atoms with Gasteiger partial charge in [-0.2, -0.15) is 0 Å². The highest BCUT2D eigenvalue weighted by atomic mass is 16.5. The van der Waals surface area contributed by atoms with Crippen molar-refractivity contribution in [1.29, 1.82) is 0 Å². The molecule has 1 fully saturated rings. The number of hydroxylamine groups is 1. The first-order chi connectivity index (χ1) is 15.4. The molecule has 1 aliphatic heterocycles. The van der Waals surface area contributed by atoms with Gasteiger partial charge in [0.2, 0.25) is 0 Å². The number of aliphatic hydroxyl groups is 2. The Balaban J connectivity index is 0.000000318. The van der Waals surface area contributed by atoms with Crippen LogP contribution in [-0.2, 0) is 0 Å². The van der Waals surface area contributed by atoms with E-state index in [9.17, 15) is 15.0 Å². The molecule has 32 heavy (non-hydrogen) atoms. The molecule has 1 aromatic carbocycles. The summed E-state index contributed by atoms with van der Waals surface area (Å²) in [6.45, 7) is 10.1. The summed E-state index contributed by atoms with van der Waals surface area (Å²) in [4.78, 5) is 12.3. The number of carbonyl (C=O) groups excluding carboxylic acids is 1. The fraction of sp³-hybridized carbons (Fsp3) is 0.423. The van der Waals surface area contributed by atoms with E-state index in [0.29, 0.717) is 18.2 Å². The number of likely N-dealkylation sites (N-methyl/N-ethyl adjacent to an activating group) is 1. The standard InChI is InChI=1S/C17H18O.C7H14N2O3.C2H6/c1-2-4-14-5-3-6-16(10-7-14)17-11-8-15(13-18)9-12-17;1-4(8-12)6-7(11)5(10)3-9(6)2;1-2/h3,5-14H,2,4H2,1H3;5-8,10-12H,1,3H2,2H3;1-2H3/t;5-,6+,7-;/m.0./s1. The van der Waals surface area contributed by atoms with Crippen molar-refractivity contribution < 1.29 is 20.2 Å².